The number of aromatic nitrogens is 1. The monoisotopic (exact) mass is 302 g/mol. The van der Waals surface area contributed by atoms with Gasteiger partial charge in [-0.3, -0.25) is 9.88 Å². The molecule has 5 nitrogen and oxygen atoms in total. The van der Waals surface area contributed by atoms with Gasteiger partial charge < -0.3 is 9.74 Å². The van der Waals surface area contributed by atoms with Crippen LogP contribution in [0.5, 0.6) is 0 Å². The molecule has 1 fully saturated rings. The van der Waals surface area contributed by atoms with Gasteiger partial charge in [0, 0.05) is 56.7 Å². The first kappa shape index (κ1) is 15.3. The van der Waals surface area contributed by atoms with Crippen LogP contribution in [0.4, 0.5) is 5.69 Å². The Bertz CT molecular complexity index is 531. The average molecular weight is 302 g/mol. The normalized spacial score (nSPS) is 23.1. The largest absolute Gasteiger partial charge is 0.391 e. The van der Waals surface area contributed by atoms with Crippen molar-refractivity contribution >= 4 is 11.4 Å². The van der Waals surface area contributed by atoms with Crippen molar-refractivity contribution in [1.29, 1.82) is 0 Å². The zero-order valence-electron chi connectivity index (χ0n) is 13.7. The predicted molar refractivity (Wildman–Crippen MR) is 89.5 cm³/mol. The summed E-state index contributed by atoms with van der Waals surface area (Å²) >= 11 is 0. The molecule has 0 bridgehead atoms. The molecule has 2 aliphatic heterocycles. The highest BCUT2D eigenvalue weighted by atomic mass is 16.6. The van der Waals surface area contributed by atoms with Gasteiger partial charge in [0.2, 0.25) is 0 Å². The molecule has 1 aromatic heterocycles. The number of pyridine rings is 1. The lowest BCUT2D eigenvalue weighted by Crippen LogP contribution is -2.36. The first-order chi connectivity index (χ1) is 10.7. The van der Waals surface area contributed by atoms with Crippen molar-refractivity contribution in [3.8, 4) is 0 Å². The maximum absolute atomic E-state index is 5.55. The number of anilines is 1. The summed E-state index contributed by atoms with van der Waals surface area (Å²) in [5.74, 6) is 0. The standard InChI is InChI=1S/C17H26N4O/c1-3-15-12-17(22-19-15)13-20-7-4-8-21(10-9-20)16-5-6-18-14(2)11-16/h5-6,11,17H,3-4,7-10,12-13H2,1-2H3. The number of rotatable bonds is 4. The summed E-state index contributed by atoms with van der Waals surface area (Å²) in [6, 6.07) is 4.29. The third-order valence-electron chi connectivity index (χ3n) is 4.50. The van der Waals surface area contributed by atoms with Gasteiger partial charge in [0.1, 0.15) is 6.10 Å². The van der Waals surface area contributed by atoms with E-state index in [0.717, 1.165) is 51.3 Å². The smallest absolute Gasteiger partial charge is 0.145 e. The second-order valence-corrected chi connectivity index (χ2v) is 6.24. The molecule has 3 heterocycles. The number of nitrogens with zero attached hydrogens (tertiary/aromatic N) is 4. The molecular formula is C17H26N4O. The van der Waals surface area contributed by atoms with E-state index in [1.807, 2.05) is 6.20 Å². The molecule has 1 saturated heterocycles. The Morgan fingerprint density at radius 3 is 2.95 bits per heavy atom. The van der Waals surface area contributed by atoms with E-state index in [2.05, 4.69) is 45.9 Å². The van der Waals surface area contributed by atoms with Gasteiger partial charge in [-0.15, -0.1) is 0 Å². The van der Waals surface area contributed by atoms with Crippen LogP contribution in [0.2, 0.25) is 0 Å². The van der Waals surface area contributed by atoms with E-state index in [0.29, 0.717) is 0 Å². The fourth-order valence-electron chi connectivity index (χ4n) is 3.22. The molecule has 0 N–H and O–H groups in total. The van der Waals surface area contributed by atoms with Crippen LogP contribution in [0.3, 0.4) is 0 Å². The number of hydrogen-bond donors (Lipinski definition) is 0. The number of hydrogen-bond acceptors (Lipinski definition) is 5. The van der Waals surface area contributed by atoms with Gasteiger partial charge in [-0.25, -0.2) is 0 Å². The molecule has 0 aliphatic carbocycles. The van der Waals surface area contributed by atoms with Gasteiger partial charge in [-0.05, 0) is 31.9 Å². The highest BCUT2D eigenvalue weighted by Crippen LogP contribution is 2.18. The molecule has 5 heteroatoms. The summed E-state index contributed by atoms with van der Waals surface area (Å²) in [5.41, 5.74) is 3.58. The van der Waals surface area contributed by atoms with Crippen LogP contribution >= 0.6 is 0 Å². The van der Waals surface area contributed by atoms with Crippen LogP contribution in [0, 0.1) is 6.92 Å². The maximum Gasteiger partial charge on any atom is 0.145 e. The molecule has 0 saturated carbocycles. The van der Waals surface area contributed by atoms with Gasteiger partial charge in [-0.2, -0.15) is 0 Å². The minimum absolute atomic E-state index is 0.254. The third-order valence-corrected chi connectivity index (χ3v) is 4.50. The SMILES string of the molecule is CCC1=NOC(CN2CCCN(c3ccnc(C)c3)CC2)C1. The summed E-state index contributed by atoms with van der Waals surface area (Å²) in [5, 5.41) is 4.17. The molecule has 120 valence electrons. The summed E-state index contributed by atoms with van der Waals surface area (Å²) in [7, 11) is 0. The number of aryl methyl sites for hydroxylation is 1. The fraction of sp³-hybridized carbons (Fsp3) is 0.647. The van der Waals surface area contributed by atoms with Crippen LogP contribution in [0.25, 0.3) is 0 Å². The van der Waals surface area contributed by atoms with Crippen molar-refractivity contribution in [3.63, 3.8) is 0 Å². The van der Waals surface area contributed by atoms with Gasteiger partial charge in [-0.1, -0.05) is 12.1 Å². The Morgan fingerprint density at radius 2 is 2.18 bits per heavy atom. The van der Waals surface area contributed by atoms with E-state index < -0.39 is 0 Å². The predicted octanol–water partition coefficient (Wildman–Crippen LogP) is 2.46. The van der Waals surface area contributed by atoms with Crippen LogP contribution in [-0.2, 0) is 4.84 Å². The maximum atomic E-state index is 5.55. The third kappa shape index (κ3) is 3.77. The van der Waals surface area contributed by atoms with E-state index in [1.54, 1.807) is 0 Å². The Morgan fingerprint density at radius 1 is 1.27 bits per heavy atom. The molecule has 0 aromatic carbocycles. The first-order valence-corrected chi connectivity index (χ1v) is 8.36. The first-order valence-electron chi connectivity index (χ1n) is 8.36. The molecular weight excluding hydrogens is 276 g/mol. The van der Waals surface area contributed by atoms with Crippen LogP contribution in [0.1, 0.15) is 31.9 Å². The van der Waals surface area contributed by atoms with Crippen LogP contribution < -0.4 is 4.90 Å². The van der Waals surface area contributed by atoms with Crippen molar-refractivity contribution in [3.05, 3.63) is 24.0 Å². The molecule has 0 radical (unpaired) electrons. The molecule has 1 atom stereocenters. The average Bonchev–Trinajstić information content (AvgIpc) is 2.84. The Balaban J connectivity index is 1.52. The molecule has 3 rings (SSSR count). The lowest BCUT2D eigenvalue weighted by Gasteiger charge is -2.24. The number of oxime groups is 1. The minimum Gasteiger partial charge on any atom is -0.391 e. The van der Waals surface area contributed by atoms with Crippen LogP contribution in [0.15, 0.2) is 23.5 Å². The molecule has 1 unspecified atom stereocenters. The lowest BCUT2D eigenvalue weighted by molar-refractivity contribution is 0.0544. The molecule has 1 aromatic rings. The van der Waals surface area contributed by atoms with E-state index in [4.69, 9.17) is 4.84 Å². The van der Waals surface area contributed by atoms with E-state index in [9.17, 15) is 0 Å². The topological polar surface area (TPSA) is 41.0 Å². The second-order valence-electron chi connectivity index (χ2n) is 6.24. The van der Waals surface area contributed by atoms with E-state index >= 15 is 0 Å². The van der Waals surface area contributed by atoms with E-state index in [1.165, 1.54) is 17.8 Å². The Kier molecular flexibility index (Phi) is 4.93. The molecule has 0 amide bonds. The van der Waals surface area contributed by atoms with Crippen molar-refractivity contribution < 1.29 is 4.84 Å². The van der Waals surface area contributed by atoms with Crippen molar-refractivity contribution in [2.45, 2.75) is 39.2 Å². The van der Waals surface area contributed by atoms with Crippen molar-refractivity contribution in [2.24, 2.45) is 5.16 Å². The zero-order valence-corrected chi connectivity index (χ0v) is 13.7. The fourth-order valence-corrected chi connectivity index (χ4v) is 3.22. The summed E-state index contributed by atoms with van der Waals surface area (Å²) in [6.07, 6.45) is 5.36. The zero-order chi connectivity index (χ0) is 15.4. The quantitative estimate of drug-likeness (QED) is 0.857. The van der Waals surface area contributed by atoms with E-state index in [-0.39, 0.29) is 6.10 Å². The minimum atomic E-state index is 0.254. The Labute approximate surface area is 133 Å². The second kappa shape index (κ2) is 7.09. The molecule has 0 spiro atoms. The molecule has 22 heavy (non-hydrogen) atoms. The van der Waals surface area contributed by atoms with Crippen LogP contribution in [-0.4, -0.2) is 54.4 Å². The van der Waals surface area contributed by atoms with Gasteiger partial charge in [0.25, 0.3) is 0 Å². The molecule has 2 aliphatic rings. The van der Waals surface area contributed by atoms with Gasteiger partial charge >= 0.3 is 0 Å². The van der Waals surface area contributed by atoms with Gasteiger partial charge in [0.05, 0.1) is 5.71 Å². The lowest BCUT2D eigenvalue weighted by atomic mass is 10.1. The summed E-state index contributed by atoms with van der Waals surface area (Å²) in [6.45, 7) is 9.60. The highest BCUT2D eigenvalue weighted by Gasteiger charge is 2.24. The van der Waals surface area contributed by atoms with Crippen molar-refractivity contribution in [1.82, 2.24) is 9.88 Å². The summed E-state index contributed by atoms with van der Waals surface area (Å²) in [4.78, 5) is 14.8. The van der Waals surface area contributed by atoms with Crippen molar-refractivity contribution in [2.75, 3.05) is 37.6 Å². The van der Waals surface area contributed by atoms with Gasteiger partial charge in [0.15, 0.2) is 0 Å². The Hall–Kier alpha value is -1.62. The summed E-state index contributed by atoms with van der Waals surface area (Å²) < 4.78 is 0. The highest BCUT2D eigenvalue weighted by molar-refractivity contribution is 5.85.